The first kappa shape index (κ1) is 43.1. The van der Waals surface area contributed by atoms with E-state index >= 15 is 0 Å². The first-order valence-electron chi connectivity index (χ1n) is 16.9. The fraction of sp³-hybridized carbons (Fsp3) is 0.906. The van der Waals surface area contributed by atoms with Crippen molar-refractivity contribution in [3.8, 4) is 0 Å². The van der Waals surface area contributed by atoms with Crippen LogP contribution in [0.1, 0.15) is 73.1 Å². The van der Waals surface area contributed by atoms with Crippen LogP contribution in [0.5, 0.6) is 0 Å². The molecule has 46 heavy (non-hydrogen) atoms. The molecular weight excluding hydrogens is 657 g/mol. The Bertz CT molecular complexity index is 973. The molecule has 1 rings (SSSR count). The molecule has 0 radical (unpaired) electrons. The van der Waals surface area contributed by atoms with Gasteiger partial charge in [-0.05, 0) is 125 Å². The summed E-state index contributed by atoms with van der Waals surface area (Å²) in [4.78, 5) is 39.3. The van der Waals surface area contributed by atoms with Gasteiger partial charge in [0.2, 0.25) is 0 Å². The van der Waals surface area contributed by atoms with Crippen molar-refractivity contribution in [2.24, 2.45) is 16.2 Å². The number of ether oxygens (including phenoxy) is 4. The van der Waals surface area contributed by atoms with Gasteiger partial charge in [-0.3, -0.25) is 14.4 Å². The fourth-order valence-electron chi connectivity index (χ4n) is 5.02. The first-order valence-corrected chi connectivity index (χ1v) is 29.0. The Morgan fingerprint density at radius 3 is 1.54 bits per heavy atom. The lowest BCUT2D eigenvalue weighted by Gasteiger charge is -2.43. The van der Waals surface area contributed by atoms with Crippen molar-refractivity contribution in [2.75, 3.05) is 26.9 Å². The minimum atomic E-state index is -3.03. The SMILES string of the molecule is CCC(C)(CCC(C)(CCC(C)(C)C(=O)OC)C(=O)OCC1CO1)C(=O)OCCC[Si](O[Si](C)(C)C)(O[Si](C)(C)C)O[Si](C)(C)C. The molecule has 0 aromatic rings. The second kappa shape index (κ2) is 16.7. The summed E-state index contributed by atoms with van der Waals surface area (Å²) < 4.78 is 42.0. The number of rotatable bonds is 22. The summed E-state index contributed by atoms with van der Waals surface area (Å²) in [5, 5.41) is 0. The number of hydrogen-bond acceptors (Lipinski definition) is 10. The van der Waals surface area contributed by atoms with Gasteiger partial charge in [0.15, 0.2) is 25.0 Å². The zero-order valence-corrected chi connectivity index (χ0v) is 35.7. The third-order valence-corrected chi connectivity index (χ3v) is 20.1. The molecule has 14 heteroatoms. The highest BCUT2D eigenvalue weighted by Crippen LogP contribution is 2.41. The van der Waals surface area contributed by atoms with Crippen LogP contribution in [0.25, 0.3) is 0 Å². The lowest BCUT2D eigenvalue weighted by molar-refractivity contribution is -0.162. The molecule has 1 heterocycles. The van der Waals surface area contributed by atoms with E-state index in [9.17, 15) is 14.4 Å². The van der Waals surface area contributed by atoms with Crippen LogP contribution < -0.4 is 0 Å². The molecule has 0 amide bonds. The van der Waals surface area contributed by atoms with Crippen molar-refractivity contribution in [1.29, 1.82) is 0 Å². The van der Waals surface area contributed by atoms with E-state index in [2.05, 4.69) is 58.9 Å². The maximum absolute atomic E-state index is 13.6. The molecule has 0 N–H and O–H groups in total. The molecule has 1 aliphatic rings. The van der Waals surface area contributed by atoms with Crippen molar-refractivity contribution >= 4 is 51.7 Å². The van der Waals surface area contributed by atoms with Gasteiger partial charge in [-0.1, -0.05) is 6.92 Å². The largest absolute Gasteiger partial charge is 0.469 e. The van der Waals surface area contributed by atoms with Crippen LogP contribution in [0, 0.1) is 16.2 Å². The van der Waals surface area contributed by atoms with Gasteiger partial charge in [-0.2, -0.15) is 0 Å². The van der Waals surface area contributed by atoms with Crippen LogP contribution in [0.15, 0.2) is 0 Å². The van der Waals surface area contributed by atoms with E-state index in [1.807, 2.05) is 34.6 Å². The van der Waals surface area contributed by atoms with Gasteiger partial charge in [0.25, 0.3) is 0 Å². The highest BCUT2D eigenvalue weighted by Gasteiger charge is 2.50. The third kappa shape index (κ3) is 15.6. The summed E-state index contributed by atoms with van der Waals surface area (Å²) in [5.41, 5.74) is -2.47. The van der Waals surface area contributed by atoms with E-state index < -0.39 is 50.0 Å². The Hall–Kier alpha value is -0.882. The summed E-state index contributed by atoms with van der Waals surface area (Å²) in [7, 11) is -7.68. The molecule has 1 saturated heterocycles. The van der Waals surface area contributed by atoms with Crippen molar-refractivity contribution < 1.29 is 45.7 Å². The predicted octanol–water partition coefficient (Wildman–Crippen LogP) is 7.54. The maximum Gasteiger partial charge on any atom is 0.469 e. The van der Waals surface area contributed by atoms with E-state index in [0.29, 0.717) is 51.2 Å². The molecule has 10 nitrogen and oxygen atoms in total. The number of methoxy groups -OCH3 is 1. The molecule has 0 aromatic carbocycles. The van der Waals surface area contributed by atoms with Gasteiger partial charge >= 0.3 is 26.7 Å². The van der Waals surface area contributed by atoms with Crippen molar-refractivity contribution in [3.63, 3.8) is 0 Å². The monoisotopic (exact) mass is 722 g/mol. The maximum atomic E-state index is 13.6. The fourth-order valence-corrected chi connectivity index (χ4v) is 19.6. The molecular formula is C32H66O10Si4. The summed E-state index contributed by atoms with van der Waals surface area (Å²) >= 11 is 0. The zero-order valence-electron chi connectivity index (χ0n) is 31.7. The Balaban J connectivity index is 3.03. The summed E-state index contributed by atoms with van der Waals surface area (Å²) in [6, 6.07) is 0.590. The second-order valence-electron chi connectivity index (χ2n) is 17.0. The Labute approximate surface area is 284 Å². The minimum Gasteiger partial charge on any atom is -0.469 e. The third-order valence-electron chi connectivity index (χ3n) is 8.08. The van der Waals surface area contributed by atoms with Gasteiger partial charge in [0.05, 0.1) is 36.6 Å². The highest BCUT2D eigenvalue weighted by atomic mass is 28.5. The second-order valence-corrected chi connectivity index (χ2v) is 34.0. The zero-order chi connectivity index (χ0) is 35.8. The van der Waals surface area contributed by atoms with E-state index in [4.69, 9.17) is 31.3 Å². The Morgan fingerprint density at radius 1 is 0.696 bits per heavy atom. The molecule has 270 valence electrons. The van der Waals surface area contributed by atoms with E-state index in [0.717, 1.165) is 0 Å². The van der Waals surface area contributed by atoms with Gasteiger partial charge in [0, 0.05) is 6.04 Å². The molecule has 1 fully saturated rings. The van der Waals surface area contributed by atoms with Crippen molar-refractivity contribution in [3.05, 3.63) is 0 Å². The van der Waals surface area contributed by atoms with Gasteiger partial charge in [-0.25, -0.2) is 0 Å². The highest BCUT2D eigenvalue weighted by molar-refractivity contribution is 6.90. The lowest BCUT2D eigenvalue weighted by Crippen LogP contribution is -2.60. The Kier molecular flexibility index (Phi) is 15.6. The average Bonchev–Trinajstić information content (AvgIpc) is 3.72. The standard InChI is InChI=1S/C32H66O10Si4/c1-16-31(4,20-21-32(5,29(35)39-25-26-24-38-26)19-18-30(2,3)27(33)36-6)28(34)37-22-17-23-46(40-43(7,8)9,41-44(10,11)12)42-45(13,14)15/h26H,16-25H2,1-15H3. The van der Waals surface area contributed by atoms with E-state index in [1.165, 1.54) is 7.11 Å². The van der Waals surface area contributed by atoms with Crippen LogP contribution in [0.4, 0.5) is 0 Å². The summed E-state index contributed by atoms with van der Waals surface area (Å²) in [6.45, 7) is 29.8. The van der Waals surface area contributed by atoms with Gasteiger partial charge in [0.1, 0.15) is 12.7 Å². The summed E-state index contributed by atoms with van der Waals surface area (Å²) in [5.74, 6) is -0.962. The van der Waals surface area contributed by atoms with Crippen molar-refractivity contribution in [2.45, 2.75) is 144 Å². The molecule has 3 unspecified atom stereocenters. The average molecular weight is 723 g/mol. The van der Waals surface area contributed by atoms with Crippen molar-refractivity contribution in [1.82, 2.24) is 0 Å². The quantitative estimate of drug-likeness (QED) is 0.0365. The van der Waals surface area contributed by atoms with Crippen LogP contribution in [-0.2, 0) is 45.7 Å². The van der Waals surface area contributed by atoms with Crippen LogP contribution in [0.3, 0.4) is 0 Å². The van der Waals surface area contributed by atoms with Crippen LogP contribution in [0.2, 0.25) is 65.0 Å². The van der Waals surface area contributed by atoms with Gasteiger partial charge in [-0.15, -0.1) is 0 Å². The minimum absolute atomic E-state index is 0.0548. The molecule has 0 saturated carbocycles. The molecule has 3 atom stereocenters. The lowest BCUT2D eigenvalue weighted by atomic mass is 9.71. The molecule has 1 aliphatic heterocycles. The van der Waals surface area contributed by atoms with E-state index in [-0.39, 0.29) is 37.2 Å². The number of epoxide rings is 1. The first-order chi connectivity index (χ1) is 20.7. The van der Waals surface area contributed by atoms with Crippen LogP contribution in [-0.4, -0.2) is 84.7 Å². The van der Waals surface area contributed by atoms with Gasteiger partial charge < -0.3 is 31.3 Å². The number of esters is 3. The molecule has 0 spiro atoms. The molecule has 0 bridgehead atoms. The number of carbonyl (C=O) groups excluding carboxylic acids is 3. The molecule has 0 aromatic heterocycles. The van der Waals surface area contributed by atoms with Crippen LogP contribution >= 0.6 is 0 Å². The predicted molar refractivity (Wildman–Crippen MR) is 191 cm³/mol. The number of hydrogen-bond donors (Lipinski definition) is 0. The van der Waals surface area contributed by atoms with E-state index in [1.54, 1.807) is 0 Å². The smallest absolute Gasteiger partial charge is 0.469 e. The number of carbonyl (C=O) groups is 3. The normalized spacial score (nSPS) is 18.7. The Morgan fingerprint density at radius 2 is 1.13 bits per heavy atom. The topological polar surface area (TPSA) is 119 Å². The molecule has 0 aliphatic carbocycles. The summed E-state index contributed by atoms with van der Waals surface area (Å²) in [6.07, 6.45) is 2.75.